The van der Waals surface area contributed by atoms with Crippen molar-refractivity contribution >= 4 is 5.69 Å². The molecule has 106 valence electrons. The summed E-state index contributed by atoms with van der Waals surface area (Å²) in [4.78, 5) is 11.6. The van der Waals surface area contributed by atoms with E-state index in [9.17, 15) is 4.79 Å². The number of anilines is 1. The van der Waals surface area contributed by atoms with Crippen LogP contribution < -0.4 is 11.3 Å². The molecule has 1 aromatic heterocycles. The van der Waals surface area contributed by atoms with E-state index in [0.29, 0.717) is 24.9 Å². The number of rotatable bonds is 4. The van der Waals surface area contributed by atoms with Gasteiger partial charge < -0.3 is 15.0 Å². The Morgan fingerprint density at radius 3 is 2.84 bits per heavy atom. The number of aromatic nitrogens is 1. The van der Waals surface area contributed by atoms with Crippen LogP contribution in [0.3, 0.4) is 0 Å². The lowest BCUT2D eigenvalue weighted by Gasteiger charge is -2.32. The van der Waals surface area contributed by atoms with Crippen LogP contribution in [0.1, 0.15) is 33.1 Å². The first-order chi connectivity index (χ1) is 9.06. The SMILES string of the molecule is CC1CCC(OCCn2cc(N)ccc2=O)CC1C. The van der Waals surface area contributed by atoms with Crippen molar-refractivity contribution in [3.63, 3.8) is 0 Å². The van der Waals surface area contributed by atoms with E-state index >= 15 is 0 Å². The molecule has 1 aliphatic rings. The maximum Gasteiger partial charge on any atom is 0.250 e. The van der Waals surface area contributed by atoms with E-state index in [1.165, 1.54) is 12.5 Å². The molecule has 2 N–H and O–H groups in total. The van der Waals surface area contributed by atoms with Gasteiger partial charge in [0.2, 0.25) is 0 Å². The third-order valence-electron chi connectivity index (χ3n) is 4.24. The maximum absolute atomic E-state index is 11.6. The van der Waals surface area contributed by atoms with Crippen LogP contribution in [0.4, 0.5) is 5.69 Å². The fourth-order valence-electron chi connectivity index (χ4n) is 2.69. The Kier molecular flexibility index (Phi) is 4.64. The maximum atomic E-state index is 11.6. The molecule has 0 aliphatic heterocycles. The van der Waals surface area contributed by atoms with Crippen molar-refractivity contribution in [2.45, 2.75) is 45.8 Å². The second-order valence-electron chi connectivity index (χ2n) is 5.75. The summed E-state index contributed by atoms with van der Waals surface area (Å²) in [5.74, 6) is 1.53. The summed E-state index contributed by atoms with van der Waals surface area (Å²) >= 11 is 0. The van der Waals surface area contributed by atoms with Crippen LogP contribution in [0.2, 0.25) is 0 Å². The molecule has 1 aliphatic carbocycles. The Labute approximate surface area is 114 Å². The van der Waals surface area contributed by atoms with Gasteiger partial charge in [-0.3, -0.25) is 4.79 Å². The molecule has 0 saturated heterocycles. The van der Waals surface area contributed by atoms with E-state index in [1.807, 2.05) is 0 Å². The van der Waals surface area contributed by atoms with Gasteiger partial charge in [0, 0.05) is 24.5 Å². The molecule has 19 heavy (non-hydrogen) atoms. The number of nitrogens with zero attached hydrogens (tertiary/aromatic N) is 1. The van der Waals surface area contributed by atoms with Gasteiger partial charge >= 0.3 is 0 Å². The first-order valence-corrected chi connectivity index (χ1v) is 7.14. The number of nitrogen functional groups attached to an aromatic ring is 1. The predicted octanol–water partition coefficient (Wildman–Crippen LogP) is 2.27. The van der Waals surface area contributed by atoms with Crippen LogP contribution in [0, 0.1) is 11.8 Å². The van der Waals surface area contributed by atoms with Gasteiger partial charge in [-0.2, -0.15) is 0 Å². The average molecular weight is 264 g/mol. The predicted molar refractivity (Wildman–Crippen MR) is 77.0 cm³/mol. The molecule has 1 aromatic rings. The normalized spacial score (nSPS) is 27.4. The minimum absolute atomic E-state index is 0.0246. The number of hydrogen-bond donors (Lipinski definition) is 1. The Bertz CT molecular complexity index is 469. The molecule has 0 bridgehead atoms. The first-order valence-electron chi connectivity index (χ1n) is 7.14. The summed E-state index contributed by atoms with van der Waals surface area (Å²) in [5, 5.41) is 0. The van der Waals surface area contributed by atoms with Gasteiger partial charge in [0.25, 0.3) is 5.56 Å². The van der Waals surface area contributed by atoms with Crippen LogP contribution >= 0.6 is 0 Å². The topological polar surface area (TPSA) is 57.2 Å². The van der Waals surface area contributed by atoms with Crippen LogP contribution in [0.5, 0.6) is 0 Å². The number of ether oxygens (including phenoxy) is 1. The van der Waals surface area contributed by atoms with Crippen LogP contribution in [0.15, 0.2) is 23.1 Å². The van der Waals surface area contributed by atoms with E-state index in [1.54, 1.807) is 16.8 Å². The average Bonchev–Trinajstić information content (AvgIpc) is 2.38. The Morgan fingerprint density at radius 2 is 2.11 bits per heavy atom. The molecule has 0 spiro atoms. The largest absolute Gasteiger partial charge is 0.398 e. The number of nitrogens with two attached hydrogens (primary N) is 1. The number of hydrogen-bond acceptors (Lipinski definition) is 3. The quantitative estimate of drug-likeness (QED) is 0.907. The smallest absolute Gasteiger partial charge is 0.250 e. The van der Waals surface area contributed by atoms with Crippen LogP contribution in [-0.2, 0) is 11.3 Å². The summed E-state index contributed by atoms with van der Waals surface area (Å²) in [6, 6.07) is 3.13. The fraction of sp³-hybridized carbons (Fsp3) is 0.667. The lowest BCUT2D eigenvalue weighted by atomic mass is 9.80. The van der Waals surface area contributed by atoms with E-state index in [-0.39, 0.29) is 5.56 Å². The van der Waals surface area contributed by atoms with Gasteiger partial charge in [-0.15, -0.1) is 0 Å². The second-order valence-corrected chi connectivity index (χ2v) is 5.75. The van der Waals surface area contributed by atoms with E-state index in [2.05, 4.69) is 13.8 Å². The number of pyridine rings is 1. The molecule has 0 amide bonds. The molecule has 3 unspecified atom stereocenters. The lowest BCUT2D eigenvalue weighted by Crippen LogP contribution is -2.29. The van der Waals surface area contributed by atoms with Crippen molar-refractivity contribution < 1.29 is 4.74 Å². The minimum atomic E-state index is -0.0246. The van der Waals surface area contributed by atoms with Crippen LogP contribution in [0.25, 0.3) is 0 Å². The highest BCUT2D eigenvalue weighted by Gasteiger charge is 2.24. The van der Waals surface area contributed by atoms with Crippen LogP contribution in [-0.4, -0.2) is 17.3 Å². The fourth-order valence-corrected chi connectivity index (χ4v) is 2.69. The summed E-state index contributed by atoms with van der Waals surface area (Å²) < 4.78 is 7.52. The highest BCUT2D eigenvalue weighted by atomic mass is 16.5. The van der Waals surface area contributed by atoms with Gasteiger partial charge in [0.15, 0.2) is 0 Å². The monoisotopic (exact) mass is 264 g/mol. The minimum Gasteiger partial charge on any atom is -0.398 e. The van der Waals surface area contributed by atoms with Crippen molar-refractivity contribution in [3.8, 4) is 0 Å². The zero-order valence-electron chi connectivity index (χ0n) is 11.8. The molecule has 1 heterocycles. The molecule has 4 nitrogen and oxygen atoms in total. The van der Waals surface area contributed by atoms with Gasteiger partial charge in [-0.1, -0.05) is 13.8 Å². The van der Waals surface area contributed by atoms with Gasteiger partial charge in [0.1, 0.15) is 0 Å². The van der Waals surface area contributed by atoms with E-state index in [4.69, 9.17) is 10.5 Å². The van der Waals surface area contributed by atoms with Crippen molar-refractivity contribution in [1.82, 2.24) is 4.57 Å². The van der Waals surface area contributed by atoms with E-state index < -0.39 is 0 Å². The first kappa shape index (κ1) is 14.1. The zero-order valence-corrected chi connectivity index (χ0v) is 11.8. The summed E-state index contributed by atoms with van der Waals surface area (Å²) in [6.45, 7) is 5.76. The summed E-state index contributed by atoms with van der Waals surface area (Å²) in [7, 11) is 0. The molecule has 0 aromatic carbocycles. The highest BCUT2D eigenvalue weighted by molar-refractivity contribution is 5.33. The Balaban J connectivity index is 1.80. The lowest BCUT2D eigenvalue weighted by molar-refractivity contribution is -0.00102. The molecule has 3 atom stereocenters. The van der Waals surface area contributed by atoms with Crippen molar-refractivity contribution in [2.75, 3.05) is 12.3 Å². The summed E-state index contributed by atoms with van der Waals surface area (Å²) in [5.41, 5.74) is 6.26. The second kappa shape index (κ2) is 6.24. The molecular weight excluding hydrogens is 240 g/mol. The third kappa shape index (κ3) is 3.83. The molecule has 4 heteroatoms. The summed E-state index contributed by atoms with van der Waals surface area (Å²) in [6.07, 6.45) is 5.54. The molecule has 2 rings (SSSR count). The molecule has 0 radical (unpaired) electrons. The van der Waals surface area contributed by atoms with Crippen molar-refractivity contribution in [3.05, 3.63) is 28.7 Å². The van der Waals surface area contributed by atoms with Crippen molar-refractivity contribution in [2.24, 2.45) is 11.8 Å². The zero-order chi connectivity index (χ0) is 13.8. The molecule has 1 fully saturated rings. The van der Waals surface area contributed by atoms with Gasteiger partial charge in [0.05, 0.1) is 12.7 Å². The molecular formula is C15H24N2O2. The molecule has 1 saturated carbocycles. The standard InChI is InChI=1S/C15H24N2O2/c1-11-3-5-14(9-12(11)2)19-8-7-17-10-13(16)4-6-15(17)18/h4,6,10-12,14H,3,5,7-9,16H2,1-2H3. The Hall–Kier alpha value is -1.29. The van der Waals surface area contributed by atoms with Gasteiger partial charge in [-0.25, -0.2) is 0 Å². The highest BCUT2D eigenvalue weighted by Crippen LogP contribution is 2.30. The Morgan fingerprint density at radius 1 is 1.32 bits per heavy atom. The van der Waals surface area contributed by atoms with E-state index in [0.717, 1.165) is 24.7 Å². The van der Waals surface area contributed by atoms with Crippen molar-refractivity contribution in [1.29, 1.82) is 0 Å². The third-order valence-corrected chi connectivity index (χ3v) is 4.24. The van der Waals surface area contributed by atoms with Gasteiger partial charge in [-0.05, 0) is 37.2 Å².